The van der Waals surface area contributed by atoms with Gasteiger partial charge in [-0.15, -0.1) is 21.5 Å². The molecular formula is C18H14FN5O3S2. The maximum atomic E-state index is 13.7. The van der Waals surface area contributed by atoms with Crippen molar-refractivity contribution in [2.45, 2.75) is 4.21 Å². The number of benzene rings is 2. The number of ether oxygens (including phenoxy) is 1. The molecule has 0 aliphatic carbocycles. The molecule has 0 spiro atoms. The number of halogens is 1. The lowest BCUT2D eigenvalue weighted by atomic mass is 10.2. The molecule has 11 heteroatoms. The van der Waals surface area contributed by atoms with Gasteiger partial charge in [0, 0.05) is 11.6 Å². The van der Waals surface area contributed by atoms with E-state index in [1.807, 2.05) is 0 Å². The van der Waals surface area contributed by atoms with Crippen molar-refractivity contribution >= 4 is 32.7 Å². The number of H-pyrrole nitrogens is 1. The number of nitrogens with zero attached hydrogens (tertiary/aromatic N) is 4. The number of thiophene rings is 1. The van der Waals surface area contributed by atoms with E-state index in [-0.39, 0.29) is 15.6 Å². The van der Waals surface area contributed by atoms with Crippen molar-refractivity contribution in [3.05, 3.63) is 65.8 Å². The normalized spacial score (nSPS) is 11.4. The Bertz CT molecular complexity index is 1230. The summed E-state index contributed by atoms with van der Waals surface area (Å²) in [5, 5.41) is 15.4. The number of rotatable bonds is 6. The summed E-state index contributed by atoms with van der Waals surface area (Å²) in [7, 11) is -2.66. The molecule has 4 aromatic rings. The van der Waals surface area contributed by atoms with Crippen molar-refractivity contribution in [2.24, 2.45) is 0 Å². The average molecular weight is 431 g/mol. The largest absolute Gasteiger partial charge is 0.494 e. The minimum absolute atomic E-state index is 0.0788. The lowest BCUT2D eigenvalue weighted by Crippen LogP contribution is -2.26. The minimum Gasteiger partial charge on any atom is -0.494 e. The first-order valence-electron chi connectivity index (χ1n) is 8.27. The molecule has 0 unspecified atom stereocenters. The number of tetrazole rings is 1. The van der Waals surface area contributed by atoms with E-state index in [4.69, 9.17) is 4.74 Å². The van der Waals surface area contributed by atoms with E-state index in [2.05, 4.69) is 20.6 Å². The first kappa shape index (κ1) is 19.0. The van der Waals surface area contributed by atoms with Crippen LogP contribution >= 0.6 is 11.3 Å². The predicted octanol–water partition coefficient (Wildman–Crippen LogP) is 3.60. The van der Waals surface area contributed by atoms with Gasteiger partial charge < -0.3 is 4.74 Å². The number of sulfonamides is 1. The number of aromatic amines is 1. The number of nitrogens with one attached hydrogen (secondary N) is 1. The Morgan fingerprint density at radius 1 is 1.14 bits per heavy atom. The highest BCUT2D eigenvalue weighted by Gasteiger charge is 2.30. The van der Waals surface area contributed by atoms with Crippen LogP contribution in [0.1, 0.15) is 0 Å². The lowest BCUT2D eigenvalue weighted by Gasteiger charge is -2.25. The van der Waals surface area contributed by atoms with Gasteiger partial charge in [-0.1, -0.05) is 18.2 Å². The molecule has 2 aromatic carbocycles. The van der Waals surface area contributed by atoms with E-state index >= 15 is 0 Å². The molecule has 0 bridgehead atoms. The zero-order valence-electron chi connectivity index (χ0n) is 15.0. The van der Waals surface area contributed by atoms with Crippen LogP contribution < -0.4 is 9.04 Å². The molecule has 2 aromatic heterocycles. The van der Waals surface area contributed by atoms with Gasteiger partial charge in [-0.25, -0.2) is 8.70 Å². The Morgan fingerprint density at radius 2 is 2.00 bits per heavy atom. The monoisotopic (exact) mass is 431 g/mol. The third-order valence-electron chi connectivity index (χ3n) is 4.03. The Balaban J connectivity index is 1.94. The highest BCUT2D eigenvalue weighted by Crippen LogP contribution is 2.40. The zero-order valence-corrected chi connectivity index (χ0v) is 16.6. The fraction of sp³-hybridized carbons (Fsp3) is 0.0556. The van der Waals surface area contributed by atoms with Crippen LogP contribution in [0.15, 0.2) is 64.2 Å². The fourth-order valence-corrected chi connectivity index (χ4v) is 5.34. The molecule has 0 amide bonds. The number of hydrogen-bond acceptors (Lipinski definition) is 7. The summed E-state index contributed by atoms with van der Waals surface area (Å²) in [4.78, 5) is 0. The van der Waals surface area contributed by atoms with Crippen LogP contribution in [0.5, 0.6) is 5.75 Å². The topological polar surface area (TPSA) is 101 Å². The second-order valence-corrected chi connectivity index (χ2v) is 8.76. The van der Waals surface area contributed by atoms with Crippen LogP contribution in [0, 0.1) is 5.82 Å². The van der Waals surface area contributed by atoms with Gasteiger partial charge in [0.15, 0.2) is 0 Å². The number of hydrogen-bond donors (Lipinski definition) is 1. The van der Waals surface area contributed by atoms with E-state index in [9.17, 15) is 12.8 Å². The molecule has 4 rings (SSSR count). The van der Waals surface area contributed by atoms with E-state index in [0.717, 1.165) is 21.7 Å². The molecule has 0 saturated carbocycles. The van der Waals surface area contributed by atoms with Crippen LogP contribution in [0.2, 0.25) is 0 Å². The van der Waals surface area contributed by atoms with Crippen molar-refractivity contribution < 1.29 is 17.5 Å². The molecule has 29 heavy (non-hydrogen) atoms. The van der Waals surface area contributed by atoms with Crippen molar-refractivity contribution in [1.29, 1.82) is 0 Å². The molecule has 0 aliphatic heterocycles. The third kappa shape index (κ3) is 3.57. The Morgan fingerprint density at radius 3 is 2.69 bits per heavy atom. The Hall–Kier alpha value is -3.31. The van der Waals surface area contributed by atoms with Gasteiger partial charge in [0.2, 0.25) is 5.82 Å². The van der Waals surface area contributed by atoms with Gasteiger partial charge in [0.25, 0.3) is 10.0 Å². The van der Waals surface area contributed by atoms with E-state index in [0.29, 0.717) is 17.1 Å². The Labute approximate surface area is 169 Å². The molecular weight excluding hydrogens is 417 g/mol. The van der Waals surface area contributed by atoms with E-state index in [1.54, 1.807) is 35.7 Å². The first-order chi connectivity index (χ1) is 14.0. The summed E-state index contributed by atoms with van der Waals surface area (Å²) in [6, 6.07) is 13.5. The molecule has 0 fully saturated rings. The summed E-state index contributed by atoms with van der Waals surface area (Å²) in [6.07, 6.45) is 0. The van der Waals surface area contributed by atoms with E-state index in [1.165, 1.54) is 25.3 Å². The van der Waals surface area contributed by atoms with Gasteiger partial charge in [-0.3, -0.25) is 0 Å². The fourth-order valence-electron chi connectivity index (χ4n) is 2.78. The van der Waals surface area contributed by atoms with Crippen molar-refractivity contribution in [3.8, 4) is 17.1 Å². The van der Waals surface area contributed by atoms with Gasteiger partial charge in [0.1, 0.15) is 15.8 Å². The van der Waals surface area contributed by atoms with Crippen molar-refractivity contribution in [1.82, 2.24) is 20.6 Å². The summed E-state index contributed by atoms with van der Waals surface area (Å²) < 4.78 is 47.2. The van der Waals surface area contributed by atoms with Crippen LogP contribution in [-0.2, 0) is 10.0 Å². The number of methoxy groups -OCH3 is 1. The van der Waals surface area contributed by atoms with Gasteiger partial charge in [0.05, 0.1) is 18.5 Å². The first-order valence-corrected chi connectivity index (χ1v) is 10.6. The summed E-state index contributed by atoms with van der Waals surface area (Å²) in [5.74, 6) is -0.152. The summed E-state index contributed by atoms with van der Waals surface area (Å²) in [5.41, 5.74) is 1.04. The smallest absolute Gasteiger partial charge is 0.278 e. The molecule has 1 N–H and O–H groups in total. The van der Waals surface area contributed by atoms with Gasteiger partial charge in [-0.05, 0) is 40.9 Å². The second kappa shape index (κ2) is 7.60. The van der Waals surface area contributed by atoms with Crippen molar-refractivity contribution in [2.75, 3.05) is 11.4 Å². The molecule has 8 nitrogen and oxygen atoms in total. The Kier molecular flexibility index (Phi) is 4.99. The van der Waals surface area contributed by atoms with Gasteiger partial charge >= 0.3 is 0 Å². The molecule has 0 aliphatic rings. The predicted molar refractivity (Wildman–Crippen MR) is 106 cm³/mol. The minimum atomic E-state index is -4.01. The van der Waals surface area contributed by atoms with E-state index < -0.39 is 15.8 Å². The van der Waals surface area contributed by atoms with Crippen LogP contribution in [0.4, 0.5) is 15.8 Å². The van der Waals surface area contributed by atoms with Crippen LogP contribution in [0.25, 0.3) is 11.4 Å². The lowest BCUT2D eigenvalue weighted by molar-refractivity contribution is 0.412. The van der Waals surface area contributed by atoms with Gasteiger partial charge in [-0.2, -0.15) is 13.6 Å². The highest BCUT2D eigenvalue weighted by atomic mass is 32.2. The molecule has 148 valence electrons. The SMILES string of the molecule is COc1cc(F)ccc1N(c1cccc(-c2nn[nH]n2)c1)S(=O)(=O)c1cccs1. The quantitative estimate of drug-likeness (QED) is 0.501. The van der Waals surface area contributed by atoms with Crippen LogP contribution in [-0.4, -0.2) is 36.2 Å². The zero-order chi connectivity index (χ0) is 20.4. The maximum absolute atomic E-state index is 13.7. The molecule has 0 atom stereocenters. The second-order valence-electron chi connectivity index (χ2n) is 5.80. The highest BCUT2D eigenvalue weighted by molar-refractivity contribution is 7.95. The molecule has 0 saturated heterocycles. The molecule has 2 heterocycles. The maximum Gasteiger partial charge on any atom is 0.278 e. The number of anilines is 2. The number of aromatic nitrogens is 4. The molecule has 0 radical (unpaired) electrons. The average Bonchev–Trinajstić information content (AvgIpc) is 3.44. The summed E-state index contributed by atoms with van der Waals surface area (Å²) in [6.45, 7) is 0. The van der Waals surface area contributed by atoms with Crippen LogP contribution in [0.3, 0.4) is 0 Å². The van der Waals surface area contributed by atoms with Crippen molar-refractivity contribution in [3.63, 3.8) is 0 Å². The standard InChI is InChI=1S/C18H14FN5O3S2/c1-27-16-11-13(19)7-8-15(16)24(29(25,26)17-6-3-9-28-17)14-5-2-4-12(10-14)18-20-22-23-21-18/h2-11H,1H3,(H,20,21,22,23). The third-order valence-corrected chi connectivity index (χ3v) is 7.15. The summed E-state index contributed by atoms with van der Waals surface area (Å²) >= 11 is 1.08.